The molecule has 0 spiro atoms. The molecule has 0 atom stereocenters. The maximum atomic E-state index is 12.0. The number of carbonyl (C=O) groups is 1. The average molecular weight is 309 g/mol. The topological polar surface area (TPSA) is 44.8 Å². The molecule has 0 amide bonds. The number of alkyl halides is 2. The van der Waals surface area contributed by atoms with Gasteiger partial charge in [-0.1, -0.05) is 11.6 Å². The van der Waals surface area contributed by atoms with Crippen LogP contribution in [0.2, 0.25) is 5.02 Å². The SMILES string of the molecule is COc1ccc(C(=O)CCOCC(F)F)c(OC)c1Cl. The zero-order valence-electron chi connectivity index (χ0n) is 11.1. The molecule has 0 unspecified atom stereocenters. The van der Waals surface area contributed by atoms with E-state index in [2.05, 4.69) is 4.74 Å². The molecule has 1 rings (SSSR count). The van der Waals surface area contributed by atoms with Crippen LogP contribution >= 0.6 is 11.6 Å². The molecule has 0 saturated carbocycles. The maximum absolute atomic E-state index is 12.0. The van der Waals surface area contributed by atoms with Crippen molar-refractivity contribution in [1.29, 1.82) is 0 Å². The van der Waals surface area contributed by atoms with Crippen molar-refractivity contribution in [3.05, 3.63) is 22.7 Å². The third-order valence-electron chi connectivity index (χ3n) is 2.50. The van der Waals surface area contributed by atoms with E-state index in [9.17, 15) is 13.6 Å². The number of rotatable bonds is 8. The third-order valence-corrected chi connectivity index (χ3v) is 2.86. The highest BCUT2D eigenvalue weighted by Crippen LogP contribution is 2.37. The first kappa shape index (κ1) is 16.7. The monoisotopic (exact) mass is 308 g/mol. The maximum Gasteiger partial charge on any atom is 0.261 e. The van der Waals surface area contributed by atoms with Crippen molar-refractivity contribution in [3.8, 4) is 11.5 Å². The molecule has 0 saturated heterocycles. The van der Waals surface area contributed by atoms with E-state index in [1.165, 1.54) is 26.4 Å². The smallest absolute Gasteiger partial charge is 0.261 e. The minimum atomic E-state index is -2.55. The van der Waals surface area contributed by atoms with E-state index < -0.39 is 13.0 Å². The molecule has 4 nitrogen and oxygen atoms in total. The number of ketones is 1. The number of hydrogen-bond donors (Lipinski definition) is 0. The van der Waals surface area contributed by atoms with Gasteiger partial charge in [0, 0.05) is 6.42 Å². The van der Waals surface area contributed by atoms with E-state index in [4.69, 9.17) is 21.1 Å². The third kappa shape index (κ3) is 4.31. The van der Waals surface area contributed by atoms with Crippen LogP contribution in [0, 0.1) is 0 Å². The summed E-state index contributed by atoms with van der Waals surface area (Å²) in [6.45, 7) is -0.774. The lowest BCUT2D eigenvalue weighted by Crippen LogP contribution is -2.10. The number of benzene rings is 1. The van der Waals surface area contributed by atoms with E-state index in [1.54, 1.807) is 0 Å². The highest BCUT2D eigenvalue weighted by atomic mass is 35.5. The number of methoxy groups -OCH3 is 2. The van der Waals surface area contributed by atoms with Crippen molar-refractivity contribution in [1.82, 2.24) is 0 Å². The second-order valence-electron chi connectivity index (χ2n) is 3.80. The van der Waals surface area contributed by atoms with Gasteiger partial charge in [-0.15, -0.1) is 0 Å². The Kier molecular flexibility index (Phi) is 6.67. The van der Waals surface area contributed by atoms with E-state index in [1.807, 2.05) is 0 Å². The number of carbonyl (C=O) groups excluding carboxylic acids is 1. The Balaban J connectivity index is 2.75. The van der Waals surface area contributed by atoms with Gasteiger partial charge in [-0.3, -0.25) is 4.79 Å². The Morgan fingerprint density at radius 1 is 1.30 bits per heavy atom. The summed E-state index contributed by atoms with van der Waals surface area (Å²) in [5.41, 5.74) is 0.263. The van der Waals surface area contributed by atoms with Gasteiger partial charge in [0.25, 0.3) is 6.43 Å². The van der Waals surface area contributed by atoms with Gasteiger partial charge in [0.05, 0.1) is 26.4 Å². The lowest BCUT2D eigenvalue weighted by Gasteiger charge is -2.12. The van der Waals surface area contributed by atoms with Gasteiger partial charge in [0.15, 0.2) is 11.5 Å². The molecular weight excluding hydrogens is 294 g/mol. The lowest BCUT2D eigenvalue weighted by molar-refractivity contribution is 0.0169. The summed E-state index contributed by atoms with van der Waals surface area (Å²) in [6, 6.07) is 3.05. The van der Waals surface area contributed by atoms with Gasteiger partial charge >= 0.3 is 0 Å². The van der Waals surface area contributed by atoms with Crippen LogP contribution in [0.3, 0.4) is 0 Å². The van der Waals surface area contributed by atoms with Crippen LogP contribution in [0.4, 0.5) is 8.78 Å². The Morgan fingerprint density at radius 2 is 2.00 bits per heavy atom. The van der Waals surface area contributed by atoms with Gasteiger partial charge in [0.1, 0.15) is 17.4 Å². The molecule has 0 bridgehead atoms. The summed E-state index contributed by atoms with van der Waals surface area (Å²) in [4.78, 5) is 12.0. The summed E-state index contributed by atoms with van der Waals surface area (Å²) in [5, 5.41) is 0.189. The number of halogens is 3. The fourth-order valence-corrected chi connectivity index (χ4v) is 1.91. The molecule has 7 heteroatoms. The Labute approximate surface area is 120 Å². The molecule has 0 radical (unpaired) electrons. The van der Waals surface area contributed by atoms with Crippen LogP contribution in [-0.2, 0) is 4.74 Å². The van der Waals surface area contributed by atoms with Gasteiger partial charge < -0.3 is 14.2 Å². The quantitative estimate of drug-likeness (QED) is 0.546. The predicted octanol–water partition coefficient (Wildman–Crippen LogP) is 3.21. The minimum Gasteiger partial charge on any atom is -0.495 e. The van der Waals surface area contributed by atoms with Crippen LogP contribution in [0.15, 0.2) is 12.1 Å². The summed E-state index contributed by atoms with van der Waals surface area (Å²) in [7, 11) is 2.82. The lowest BCUT2D eigenvalue weighted by atomic mass is 10.1. The molecule has 1 aromatic rings. The average Bonchev–Trinajstić information content (AvgIpc) is 2.42. The van der Waals surface area contributed by atoms with Crippen molar-refractivity contribution in [3.63, 3.8) is 0 Å². The first-order chi connectivity index (χ1) is 9.51. The largest absolute Gasteiger partial charge is 0.495 e. The number of hydrogen-bond acceptors (Lipinski definition) is 4. The number of ether oxygens (including phenoxy) is 3. The second kappa shape index (κ2) is 8.01. The summed E-state index contributed by atoms with van der Waals surface area (Å²) in [5.74, 6) is 0.277. The Hall–Kier alpha value is -1.40. The molecule has 1 aromatic carbocycles. The first-order valence-corrected chi connectivity index (χ1v) is 6.18. The zero-order chi connectivity index (χ0) is 15.1. The molecule has 0 aromatic heterocycles. The van der Waals surface area contributed by atoms with Crippen LogP contribution in [0.5, 0.6) is 11.5 Å². The molecular formula is C13H15ClF2O4. The summed E-state index contributed by atoms with van der Waals surface area (Å²) < 4.78 is 38.5. The van der Waals surface area contributed by atoms with Crippen molar-refractivity contribution >= 4 is 17.4 Å². The highest BCUT2D eigenvalue weighted by molar-refractivity contribution is 6.34. The van der Waals surface area contributed by atoms with Crippen LogP contribution in [0.25, 0.3) is 0 Å². The van der Waals surface area contributed by atoms with Crippen molar-refractivity contribution in [2.45, 2.75) is 12.8 Å². The molecule has 0 aliphatic carbocycles. The van der Waals surface area contributed by atoms with Crippen LogP contribution in [0.1, 0.15) is 16.8 Å². The van der Waals surface area contributed by atoms with Crippen molar-refractivity contribution < 1.29 is 27.8 Å². The Morgan fingerprint density at radius 3 is 2.55 bits per heavy atom. The molecule has 0 N–H and O–H groups in total. The van der Waals surface area contributed by atoms with Crippen molar-refractivity contribution in [2.75, 3.05) is 27.4 Å². The zero-order valence-corrected chi connectivity index (χ0v) is 11.9. The fraction of sp³-hybridized carbons (Fsp3) is 0.462. The summed E-state index contributed by atoms with van der Waals surface area (Å²) >= 11 is 6.03. The number of Topliss-reactive ketones (excluding diaryl/α,β-unsaturated/α-hetero) is 1. The van der Waals surface area contributed by atoms with E-state index in [0.29, 0.717) is 5.75 Å². The standard InChI is InChI=1S/C13H15ClF2O4/c1-18-10-4-3-8(13(19-2)12(10)14)9(17)5-6-20-7-11(15)16/h3-4,11H,5-7H2,1-2H3. The predicted molar refractivity (Wildman–Crippen MR) is 70.3 cm³/mol. The molecule has 0 aliphatic heterocycles. The molecule has 0 aliphatic rings. The first-order valence-electron chi connectivity index (χ1n) is 5.80. The van der Waals surface area contributed by atoms with Gasteiger partial charge in [-0.05, 0) is 12.1 Å². The molecule has 20 heavy (non-hydrogen) atoms. The molecule has 0 fully saturated rings. The van der Waals surface area contributed by atoms with Crippen LogP contribution in [-0.4, -0.2) is 39.6 Å². The minimum absolute atomic E-state index is 0.0360. The highest BCUT2D eigenvalue weighted by Gasteiger charge is 2.18. The Bertz CT molecular complexity index is 466. The van der Waals surface area contributed by atoms with Gasteiger partial charge in [-0.2, -0.15) is 0 Å². The second-order valence-corrected chi connectivity index (χ2v) is 4.18. The van der Waals surface area contributed by atoms with Crippen molar-refractivity contribution in [2.24, 2.45) is 0 Å². The van der Waals surface area contributed by atoms with Gasteiger partial charge in [0.2, 0.25) is 0 Å². The summed E-state index contributed by atoms with van der Waals surface area (Å²) in [6.07, 6.45) is -2.58. The molecule has 112 valence electrons. The fourth-order valence-electron chi connectivity index (χ4n) is 1.59. The normalized spacial score (nSPS) is 10.7. The van der Waals surface area contributed by atoms with Crippen LogP contribution < -0.4 is 9.47 Å². The molecule has 0 heterocycles. The van der Waals surface area contributed by atoms with E-state index >= 15 is 0 Å². The van der Waals surface area contributed by atoms with E-state index in [-0.39, 0.29) is 35.1 Å². The van der Waals surface area contributed by atoms with Gasteiger partial charge in [-0.25, -0.2) is 8.78 Å². The van der Waals surface area contributed by atoms with E-state index in [0.717, 1.165) is 0 Å².